The van der Waals surface area contributed by atoms with E-state index in [1.807, 2.05) is 0 Å². The molecule has 0 spiro atoms. The van der Waals surface area contributed by atoms with Gasteiger partial charge in [-0.3, -0.25) is 4.79 Å². The molecule has 0 aromatic rings. The Labute approximate surface area is 84.2 Å². The average Bonchev–Trinajstić information content (AvgIpc) is 2.09. The number of amides is 1. The molecular formula is C10H17NO3. The Bertz CT molecular complexity index is 234. The normalized spacial score (nSPS) is 10.9. The van der Waals surface area contributed by atoms with Crippen LogP contribution in [0.4, 0.5) is 0 Å². The molecule has 4 heteroatoms. The Kier molecular flexibility index (Phi) is 5.60. The van der Waals surface area contributed by atoms with Crippen molar-refractivity contribution in [2.45, 2.75) is 20.3 Å². The lowest BCUT2D eigenvalue weighted by molar-refractivity contribution is -0.132. The Morgan fingerprint density at radius 3 is 2.36 bits per heavy atom. The lowest BCUT2D eigenvalue weighted by atomic mass is 10.1. The third kappa shape index (κ3) is 6.22. The maximum Gasteiger partial charge on any atom is 0.328 e. The number of likely N-dealkylation sites (N-methyl/N-ethyl adjacent to an activating group) is 1. The zero-order chi connectivity index (χ0) is 11.1. The summed E-state index contributed by atoms with van der Waals surface area (Å²) in [6, 6.07) is 0. The minimum Gasteiger partial charge on any atom is -0.478 e. The number of hydrogen-bond donors (Lipinski definition) is 1. The maximum atomic E-state index is 11.2. The SMILES string of the molecule is CC(C)CCN(C)C(=O)/C=C/C(=O)O. The van der Waals surface area contributed by atoms with Gasteiger partial charge in [0.1, 0.15) is 0 Å². The molecule has 0 aliphatic heterocycles. The highest BCUT2D eigenvalue weighted by Gasteiger charge is 2.05. The summed E-state index contributed by atoms with van der Waals surface area (Å²) >= 11 is 0. The largest absolute Gasteiger partial charge is 0.478 e. The minimum atomic E-state index is -1.10. The topological polar surface area (TPSA) is 57.6 Å². The number of aliphatic carboxylic acids is 1. The van der Waals surface area contributed by atoms with E-state index in [1.165, 1.54) is 4.90 Å². The lowest BCUT2D eigenvalue weighted by Crippen LogP contribution is -2.26. The number of hydrogen-bond acceptors (Lipinski definition) is 2. The summed E-state index contributed by atoms with van der Waals surface area (Å²) in [6.45, 7) is 4.80. The van der Waals surface area contributed by atoms with E-state index < -0.39 is 5.97 Å². The van der Waals surface area contributed by atoms with Crippen LogP contribution in [0, 0.1) is 5.92 Å². The third-order valence-electron chi connectivity index (χ3n) is 1.79. The van der Waals surface area contributed by atoms with Gasteiger partial charge < -0.3 is 10.0 Å². The number of carbonyl (C=O) groups excluding carboxylic acids is 1. The number of carboxylic acids is 1. The number of nitrogens with zero attached hydrogens (tertiary/aromatic N) is 1. The van der Waals surface area contributed by atoms with Crippen LogP contribution >= 0.6 is 0 Å². The van der Waals surface area contributed by atoms with E-state index in [9.17, 15) is 9.59 Å². The molecule has 0 saturated heterocycles. The molecule has 1 N–H and O–H groups in total. The van der Waals surface area contributed by atoms with Gasteiger partial charge in [-0.2, -0.15) is 0 Å². The first-order valence-corrected chi connectivity index (χ1v) is 4.59. The van der Waals surface area contributed by atoms with Crippen LogP contribution < -0.4 is 0 Å². The summed E-state index contributed by atoms with van der Waals surface area (Å²) < 4.78 is 0. The van der Waals surface area contributed by atoms with E-state index in [0.29, 0.717) is 12.5 Å². The molecule has 1 amide bonds. The molecule has 80 valence electrons. The van der Waals surface area contributed by atoms with E-state index in [2.05, 4.69) is 13.8 Å². The summed E-state index contributed by atoms with van der Waals surface area (Å²) in [5, 5.41) is 8.30. The lowest BCUT2D eigenvalue weighted by Gasteiger charge is -2.15. The number of rotatable bonds is 5. The van der Waals surface area contributed by atoms with Crippen molar-refractivity contribution in [2.24, 2.45) is 5.92 Å². The van der Waals surface area contributed by atoms with Crippen LogP contribution in [-0.4, -0.2) is 35.5 Å². The Balaban J connectivity index is 3.93. The van der Waals surface area contributed by atoms with Gasteiger partial charge in [0, 0.05) is 25.7 Å². The molecule has 0 radical (unpaired) electrons. The first-order chi connectivity index (χ1) is 6.43. The molecule has 0 saturated carbocycles. The molecule has 0 heterocycles. The van der Waals surface area contributed by atoms with Crippen LogP contribution in [-0.2, 0) is 9.59 Å². The molecule has 0 aliphatic rings. The van der Waals surface area contributed by atoms with E-state index in [-0.39, 0.29) is 5.91 Å². The number of carbonyl (C=O) groups is 2. The summed E-state index contributed by atoms with van der Waals surface area (Å²) in [7, 11) is 1.66. The Hall–Kier alpha value is -1.32. The Morgan fingerprint density at radius 2 is 1.93 bits per heavy atom. The molecule has 0 atom stereocenters. The fourth-order valence-electron chi connectivity index (χ4n) is 0.832. The maximum absolute atomic E-state index is 11.2. The second-order valence-corrected chi connectivity index (χ2v) is 3.61. The van der Waals surface area contributed by atoms with Gasteiger partial charge in [0.15, 0.2) is 0 Å². The quantitative estimate of drug-likeness (QED) is 0.675. The average molecular weight is 199 g/mol. The summed E-state index contributed by atoms with van der Waals surface area (Å²) in [5.41, 5.74) is 0. The first kappa shape index (κ1) is 12.7. The van der Waals surface area contributed by atoms with Crippen LogP contribution in [0.3, 0.4) is 0 Å². The van der Waals surface area contributed by atoms with Crippen LogP contribution in [0.5, 0.6) is 0 Å². The van der Waals surface area contributed by atoms with Crippen LogP contribution in [0.1, 0.15) is 20.3 Å². The van der Waals surface area contributed by atoms with Crippen LogP contribution in [0.15, 0.2) is 12.2 Å². The summed E-state index contributed by atoms with van der Waals surface area (Å²) in [5.74, 6) is -0.836. The predicted molar refractivity (Wildman–Crippen MR) is 53.9 cm³/mol. The molecule has 4 nitrogen and oxygen atoms in total. The van der Waals surface area contributed by atoms with Crippen molar-refractivity contribution in [3.8, 4) is 0 Å². The second-order valence-electron chi connectivity index (χ2n) is 3.61. The van der Waals surface area contributed by atoms with E-state index in [0.717, 1.165) is 18.6 Å². The van der Waals surface area contributed by atoms with Crippen LogP contribution in [0.25, 0.3) is 0 Å². The van der Waals surface area contributed by atoms with Crippen molar-refractivity contribution < 1.29 is 14.7 Å². The molecule has 0 aliphatic carbocycles. The molecule has 0 aromatic carbocycles. The van der Waals surface area contributed by atoms with Crippen LogP contribution in [0.2, 0.25) is 0 Å². The van der Waals surface area contributed by atoms with Gasteiger partial charge in [-0.25, -0.2) is 4.79 Å². The van der Waals surface area contributed by atoms with Crippen molar-refractivity contribution in [2.75, 3.05) is 13.6 Å². The first-order valence-electron chi connectivity index (χ1n) is 4.59. The zero-order valence-corrected chi connectivity index (χ0v) is 8.86. The number of carboxylic acid groups (broad SMARTS) is 1. The van der Waals surface area contributed by atoms with Gasteiger partial charge in [-0.05, 0) is 12.3 Å². The van der Waals surface area contributed by atoms with Crippen molar-refractivity contribution in [3.63, 3.8) is 0 Å². The highest BCUT2D eigenvalue weighted by atomic mass is 16.4. The molecule has 0 bridgehead atoms. The monoisotopic (exact) mass is 199 g/mol. The predicted octanol–water partition coefficient (Wildman–Crippen LogP) is 1.13. The third-order valence-corrected chi connectivity index (χ3v) is 1.79. The molecule has 0 unspecified atom stereocenters. The zero-order valence-electron chi connectivity index (χ0n) is 8.86. The highest BCUT2D eigenvalue weighted by molar-refractivity contribution is 5.93. The van der Waals surface area contributed by atoms with Gasteiger partial charge in [-0.1, -0.05) is 13.8 Å². The van der Waals surface area contributed by atoms with Crippen molar-refractivity contribution in [1.82, 2.24) is 4.90 Å². The van der Waals surface area contributed by atoms with Crippen molar-refractivity contribution in [1.29, 1.82) is 0 Å². The van der Waals surface area contributed by atoms with Gasteiger partial charge in [-0.15, -0.1) is 0 Å². The van der Waals surface area contributed by atoms with Gasteiger partial charge >= 0.3 is 5.97 Å². The fourth-order valence-corrected chi connectivity index (χ4v) is 0.832. The van der Waals surface area contributed by atoms with Crippen molar-refractivity contribution >= 4 is 11.9 Å². The molecular weight excluding hydrogens is 182 g/mol. The molecule has 14 heavy (non-hydrogen) atoms. The molecule has 0 rings (SSSR count). The standard InChI is InChI=1S/C10H17NO3/c1-8(2)6-7-11(3)9(12)4-5-10(13)14/h4-5,8H,6-7H2,1-3H3,(H,13,14)/b5-4+. The van der Waals surface area contributed by atoms with Crippen molar-refractivity contribution in [3.05, 3.63) is 12.2 Å². The summed E-state index contributed by atoms with van der Waals surface area (Å²) in [6.07, 6.45) is 2.85. The smallest absolute Gasteiger partial charge is 0.328 e. The van der Waals surface area contributed by atoms with Gasteiger partial charge in [0.25, 0.3) is 0 Å². The van der Waals surface area contributed by atoms with Gasteiger partial charge in [0.2, 0.25) is 5.91 Å². The molecule has 0 fully saturated rings. The van der Waals surface area contributed by atoms with E-state index >= 15 is 0 Å². The van der Waals surface area contributed by atoms with E-state index in [4.69, 9.17) is 5.11 Å². The second kappa shape index (κ2) is 6.18. The fraction of sp³-hybridized carbons (Fsp3) is 0.600. The van der Waals surface area contributed by atoms with Gasteiger partial charge in [0.05, 0.1) is 0 Å². The highest BCUT2D eigenvalue weighted by Crippen LogP contribution is 2.00. The minimum absolute atomic E-state index is 0.270. The van der Waals surface area contributed by atoms with E-state index in [1.54, 1.807) is 7.05 Å². The Morgan fingerprint density at radius 1 is 1.36 bits per heavy atom. The summed E-state index contributed by atoms with van der Waals surface area (Å²) in [4.78, 5) is 22.9. The molecule has 0 aromatic heterocycles.